The van der Waals surface area contributed by atoms with Gasteiger partial charge in [-0.3, -0.25) is 14.9 Å². The number of aromatic nitrogens is 3. The number of thioether (sulfide) groups is 1. The third-order valence-corrected chi connectivity index (χ3v) is 5.75. The molecule has 10 heteroatoms. The molecule has 1 aliphatic heterocycles. The van der Waals surface area contributed by atoms with Crippen molar-refractivity contribution in [1.82, 2.24) is 24.8 Å². The topological polar surface area (TPSA) is 88.8 Å². The molecular weight excluding hydrogens is 398 g/mol. The number of imide groups is 1. The van der Waals surface area contributed by atoms with Gasteiger partial charge in [-0.1, -0.05) is 11.3 Å². The number of rotatable bonds is 6. The number of carbonyl (C=O) groups excluding carboxylic acids is 2. The highest BCUT2D eigenvalue weighted by atomic mass is 32.2. The van der Waals surface area contributed by atoms with E-state index in [0.29, 0.717) is 22.9 Å². The largest absolute Gasteiger partial charge is 0.483 e. The molecule has 0 atom stereocenters. The van der Waals surface area contributed by atoms with Crippen LogP contribution in [0.2, 0.25) is 0 Å². The van der Waals surface area contributed by atoms with Crippen LogP contribution in [0.3, 0.4) is 0 Å². The van der Waals surface area contributed by atoms with Gasteiger partial charge in [0.2, 0.25) is 0 Å². The molecule has 0 aromatic carbocycles. The third kappa shape index (κ3) is 3.93. The smallest absolute Gasteiger partial charge is 0.290 e. The predicted molar refractivity (Wildman–Crippen MR) is 109 cm³/mol. The van der Waals surface area contributed by atoms with Gasteiger partial charge in [-0.25, -0.2) is 9.50 Å². The van der Waals surface area contributed by atoms with E-state index in [1.165, 1.54) is 11.3 Å². The number of amides is 2. The van der Waals surface area contributed by atoms with Crippen LogP contribution in [-0.2, 0) is 4.79 Å². The summed E-state index contributed by atoms with van der Waals surface area (Å²) < 4.78 is 7.50. The molecule has 1 N–H and O–H groups in total. The first-order chi connectivity index (χ1) is 13.5. The third-order valence-electron chi connectivity index (χ3n) is 3.92. The molecule has 1 aliphatic rings. The fourth-order valence-electron chi connectivity index (χ4n) is 2.55. The quantitative estimate of drug-likeness (QED) is 0.619. The lowest BCUT2D eigenvalue weighted by molar-refractivity contribution is -0.115. The van der Waals surface area contributed by atoms with Crippen molar-refractivity contribution in [2.75, 3.05) is 27.2 Å². The second kappa shape index (κ2) is 7.74. The molecule has 4 heterocycles. The van der Waals surface area contributed by atoms with Crippen LogP contribution in [0.5, 0.6) is 5.06 Å². The first-order valence-corrected chi connectivity index (χ1v) is 10.1. The van der Waals surface area contributed by atoms with Gasteiger partial charge in [0.1, 0.15) is 12.3 Å². The van der Waals surface area contributed by atoms with Crippen molar-refractivity contribution in [2.24, 2.45) is 0 Å². The van der Waals surface area contributed by atoms with Gasteiger partial charge < -0.3 is 9.64 Å². The summed E-state index contributed by atoms with van der Waals surface area (Å²) in [5, 5.41) is 7.26. The van der Waals surface area contributed by atoms with Crippen molar-refractivity contribution in [3.05, 3.63) is 41.1 Å². The molecule has 0 spiro atoms. The van der Waals surface area contributed by atoms with E-state index in [-0.39, 0.29) is 5.24 Å². The van der Waals surface area contributed by atoms with Gasteiger partial charge in [-0.2, -0.15) is 5.10 Å². The van der Waals surface area contributed by atoms with Gasteiger partial charge in [0, 0.05) is 6.54 Å². The Labute approximate surface area is 169 Å². The zero-order valence-electron chi connectivity index (χ0n) is 15.2. The second-order valence-corrected chi connectivity index (χ2v) is 8.36. The summed E-state index contributed by atoms with van der Waals surface area (Å²) in [5.41, 5.74) is 2.10. The lowest BCUT2D eigenvalue weighted by Crippen LogP contribution is -2.19. The van der Waals surface area contributed by atoms with Gasteiger partial charge in [-0.15, -0.1) is 0 Å². The summed E-state index contributed by atoms with van der Waals surface area (Å²) in [6.45, 7) is 1.46. The normalized spacial score (nSPS) is 15.8. The van der Waals surface area contributed by atoms with Gasteiger partial charge in [0.05, 0.1) is 21.7 Å². The minimum absolute atomic E-state index is 0.325. The number of fused-ring (bicyclic) bond motifs is 1. The van der Waals surface area contributed by atoms with Crippen molar-refractivity contribution in [2.45, 2.75) is 0 Å². The average molecular weight is 416 g/mol. The number of likely N-dealkylation sites (N-methyl/N-ethyl adjacent to an activating group) is 1. The van der Waals surface area contributed by atoms with Crippen LogP contribution < -0.4 is 10.1 Å². The summed E-state index contributed by atoms with van der Waals surface area (Å²) in [4.78, 5) is 30.8. The Bertz CT molecular complexity index is 1090. The van der Waals surface area contributed by atoms with E-state index in [9.17, 15) is 9.59 Å². The highest BCUT2D eigenvalue weighted by Gasteiger charge is 2.25. The maximum Gasteiger partial charge on any atom is 0.290 e. The molecule has 8 nitrogen and oxygen atoms in total. The number of carbonyl (C=O) groups is 2. The Morgan fingerprint density at radius 3 is 2.86 bits per heavy atom. The standard InChI is InChI=1S/C18H17N5O3S2/c1-22(2)7-8-26-16-6-4-13(27-16)12-10-19-15-5-3-11(21-23(12)15)9-14-17(24)20-18(25)28-14/h3-6,9-10H,7-8H2,1-2H3,(H,20,24,25). The molecule has 3 aromatic heterocycles. The molecule has 0 saturated carbocycles. The molecule has 1 saturated heterocycles. The summed E-state index contributed by atoms with van der Waals surface area (Å²) in [5.74, 6) is -0.402. The van der Waals surface area contributed by atoms with Gasteiger partial charge in [-0.05, 0) is 56.2 Å². The summed E-state index contributed by atoms with van der Waals surface area (Å²) in [6, 6.07) is 7.50. The predicted octanol–water partition coefficient (Wildman–Crippen LogP) is 2.72. The average Bonchev–Trinajstić information content (AvgIpc) is 3.33. The number of nitrogens with one attached hydrogen (secondary N) is 1. The molecule has 144 valence electrons. The van der Waals surface area contributed by atoms with Gasteiger partial charge >= 0.3 is 0 Å². The van der Waals surface area contributed by atoms with Crippen molar-refractivity contribution in [1.29, 1.82) is 0 Å². The zero-order valence-corrected chi connectivity index (χ0v) is 16.8. The number of hydrogen-bond donors (Lipinski definition) is 1. The first kappa shape index (κ1) is 18.7. The fraction of sp³-hybridized carbons (Fsp3) is 0.222. The van der Waals surface area contributed by atoms with E-state index in [1.807, 2.05) is 32.3 Å². The maximum atomic E-state index is 11.7. The number of ether oxygens (including phenoxy) is 1. The van der Waals surface area contributed by atoms with Crippen molar-refractivity contribution >= 4 is 46.0 Å². The molecule has 4 rings (SSSR count). The van der Waals surface area contributed by atoms with Gasteiger partial charge in [0.15, 0.2) is 10.7 Å². The molecule has 2 amide bonds. The van der Waals surface area contributed by atoms with Crippen LogP contribution in [0.1, 0.15) is 5.69 Å². The Morgan fingerprint density at radius 2 is 2.11 bits per heavy atom. The lowest BCUT2D eigenvalue weighted by Gasteiger charge is -2.09. The monoisotopic (exact) mass is 415 g/mol. The van der Waals surface area contributed by atoms with E-state index in [1.54, 1.807) is 22.9 Å². The van der Waals surface area contributed by atoms with E-state index >= 15 is 0 Å². The van der Waals surface area contributed by atoms with Crippen LogP contribution in [0.25, 0.3) is 22.3 Å². The molecule has 0 radical (unpaired) electrons. The Balaban J connectivity index is 1.60. The molecule has 0 bridgehead atoms. The van der Waals surface area contributed by atoms with Crippen LogP contribution in [-0.4, -0.2) is 57.9 Å². The first-order valence-electron chi connectivity index (χ1n) is 8.47. The van der Waals surface area contributed by atoms with Crippen LogP contribution in [0.15, 0.2) is 35.4 Å². The zero-order chi connectivity index (χ0) is 19.7. The Morgan fingerprint density at radius 1 is 1.25 bits per heavy atom. The maximum absolute atomic E-state index is 11.7. The van der Waals surface area contributed by atoms with E-state index < -0.39 is 5.91 Å². The molecule has 1 fully saturated rings. The molecule has 28 heavy (non-hydrogen) atoms. The van der Waals surface area contributed by atoms with E-state index in [4.69, 9.17) is 4.74 Å². The van der Waals surface area contributed by atoms with E-state index in [0.717, 1.165) is 33.9 Å². The highest BCUT2D eigenvalue weighted by Crippen LogP contribution is 2.33. The minimum atomic E-state index is -0.402. The molecule has 0 aliphatic carbocycles. The molecule has 3 aromatic rings. The molecular formula is C18H17N5O3S2. The summed E-state index contributed by atoms with van der Waals surface area (Å²) >= 11 is 2.39. The highest BCUT2D eigenvalue weighted by molar-refractivity contribution is 8.18. The van der Waals surface area contributed by atoms with Crippen molar-refractivity contribution in [3.8, 4) is 15.6 Å². The van der Waals surface area contributed by atoms with Crippen LogP contribution in [0.4, 0.5) is 4.79 Å². The Hall–Kier alpha value is -2.69. The lowest BCUT2D eigenvalue weighted by atomic mass is 10.3. The summed E-state index contributed by atoms with van der Waals surface area (Å²) in [7, 11) is 4.01. The van der Waals surface area contributed by atoms with Crippen LogP contribution in [0, 0.1) is 0 Å². The van der Waals surface area contributed by atoms with Crippen molar-refractivity contribution in [3.63, 3.8) is 0 Å². The second-order valence-electron chi connectivity index (χ2n) is 6.29. The SMILES string of the molecule is CN(C)CCOc1ccc(-c2cnc3ccc(C=C4SC(=O)NC4=O)nn23)s1. The number of imidazole rings is 1. The minimum Gasteiger partial charge on any atom is -0.483 e. The fourth-order valence-corrected chi connectivity index (χ4v) is 4.09. The number of thiophene rings is 1. The molecule has 0 unspecified atom stereocenters. The summed E-state index contributed by atoms with van der Waals surface area (Å²) in [6.07, 6.45) is 3.35. The van der Waals surface area contributed by atoms with Crippen molar-refractivity contribution < 1.29 is 14.3 Å². The Kier molecular flexibility index (Phi) is 5.16. The van der Waals surface area contributed by atoms with Crippen LogP contribution >= 0.6 is 23.1 Å². The van der Waals surface area contributed by atoms with Gasteiger partial charge in [0.25, 0.3) is 11.1 Å². The van der Waals surface area contributed by atoms with E-state index in [2.05, 4.69) is 20.3 Å². The number of hydrogen-bond acceptors (Lipinski definition) is 8. The number of nitrogens with zero attached hydrogens (tertiary/aromatic N) is 4.